The number of carbonyl (C=O) groups is 2. The largest absolute Gasteiger partial charge is 0.465 e. The average molecular weight is 450 g/mol. The second-order valence-corrected chi connectivity index (χ2v) is 8.38. The third-order valence-corrected chi connectivity index (χ3v) is 6.10. The Balaban J connectivity index is 1.91. The molecule has 6 nitrogen and oxygen atoms in total. The number of anilines is 1. The van der Waals surface area contributed by atoms with Crippen LogP contribution in [0.5, 0.6) is 0 Å². The summed E-state index contributed by atoms with van der Waals surface area (Å²) in [7, 11) is 1.33. The van der Waals surface area contributed by atoms with Crippen LogP contribution in [0.25, 0.3) is 10.2 Å². The summed E-state index contributed by atoms with van der Waals surface area (Å²) in [5.74, 6) is -0.697. The van der Waals surface area contributed by atoms with Crippen molar-refractivity contribution in [1.82, 2.24) is 9.88 Å². The summed E-state index contributed by atoms with van der Waals surface area (Å²) in [6.07, 6.45) is 3.89. The van der Waals surface area contributed by atoms with E-state index in [0.717, 1.165) is 22.2 Å². The SMILES string of the molecule is C=CCN(CC=C)Cc1ccc2c(NC(=O)Cc3ccccc3C)c(C(=O)OC)sc2n1. The van der Waals surface area contributed by atoms with E-state index in [4.69, 9.17) is 9.72 Å². The Kier molecular flexibility index (Phi) is 7.92. The second-order valence-electron chi connectivity index (χ2n) is 7.38. The molecule has 2 aromatic heterocycles. The van der Waals surface area contributed by atoms with Gasteiger partial charge >= 0.3 is 5.97 Å². The van der Waals surface area contributed by atoms with Crippen molar-refractivity contribution in [3.05, 3.63) is 83.4 Å². The van der Waals surface area contributed by atoms with Gasteiger partial charge in [-0.2, -0.15) is 0 Å². The number of rotatable bonds is 10. The molecule has 0 atom stereocenters. The summed E-state index contributed by atoms with van der Waals surface area (Å²) >= 11 is 1.22. The van der Waals surface area contributed by atoms with Gasteiger partial charge in [0.15, 0.2) is 0 Å². The summed E-state index contributed by atoms with van der Waals surface area (Å²) in [5.41, 5.74) is 3.29. The Morgan fingerprint density at radius 3 is 2.53 bits per heavy atom. The fraction of sp³-hybridized carbons (Fsp3) is 0.240. The van der Waals surface area contributed by atoms with Crippen molar-refractivity contribution in [1.29, 1.82) is 0 Å². The van der Waals surface area contributed by atoms with Crippen LogP contribution in [0.15, 0.2) is 61.7 Å². The monoisotopic (exact) mass is 449 g/mol. The number of ether oxygens (including phenoxy) is 1. The van der Waals surface area contributed by atoms with E-state index in [-0.39, 0.29) is 12.3 Å². The zero-order valence-electron chi connectivity index (χ0n) is 18.4. The number of methoxy groups -OCH3 is 1. The van der Waals surface area contributed by atoms with Crippen molar-refractivity contribution in [2.45, 2.75) is 19.9 Å². The summed E-state index contributed by atoms with van der Waals surface area (Å²) in [6, 6.07) is 11.5. The lowest BCUT2D eigenvalue weighted by Crippen LogP contribution is -2.23. The molecule has 0 spiro atoms. The number of amides is 1. The van der Waals surface area contributed by atoms with Crippen molar-refractivity contribution in [3.8, 4) is 0 Å². The van der Waals surface area contributed by atoms with Crippen LogP contribution in [-0.2, 0) is 22.5 Å². The van der Waals surface area contributed by atoms with Gasteiger partial charge in [-0.3, -0.25) is 9.69 Å². The third kappa shape index (κ3) is 5.49. The van der Waals surface area contributed by atoms with Crippen molar-refractivity contribution in [3.63, 3.8) is 0 Å². The predicted octanol–water partition coefficient (Wildman–Crippen LogP) is 4.75. The number of hydrogen-bond acceptors (Lipinski definition) is 6. The lowest BCUT2D eigenvalue weighted by atomic mass is 10.1. The molecule has 3 rings (SSSR count). The average Bonchev–Trinajstić information content (AvgIpc) is 3.12. The molecule has 0 aliphatic carbocycles. The molecule has 0 aliphatic heterocycles. The lowest BCUT2D eigenvalue weighted by Gasteiger charge is -2.18. The molecule has 2 heterocycles. The number of aromatic nitrogens is 1. The number of pyridine rings is 1. The number of benzene rings is 1. The van der Waals surface area contributed by atoms with E-state index >= 15 is 0 Å². The van der Waals surface area contributed by atoms with Crippen molar-refractivity contribution >= 4 is 39.1 Å². The van der Waals surface area contributed by atoms with Gasteiger partial charge in [0.25, 0.3) is 0 Å². The molecule has 0 aliphatic rings. The van der Waals surface area contributed by atoms with Crippen LogP contribution in [0.4, 0.5) is 5.69 Å². The smallest absolute Gasteiger partial charge is 0.350 e. The van der Waals surface area contributed by atoms with Crippen LogP contribution >= 0.6 is 11.3 Å². The molecule has 0 unspecified atom stereocenters. The number of thiophene rings is 1. The van der Waals surface area contributed by atoms with Gasteiger partial charge < -0.3 is 10.1 Å². The molecule has 0 saturated heterocycles. The first kappa shape index (κ1) is 23.4. The van der Waals surface area contributed by atoms with Crippen LogP contribution in [-0.4, -0.2) is 42.0 Å². The fourth-order valence-electron chi connectivity index (χ4n) is 3.43. The van der Waals surface area contributed by atoms with Crippen LogP contribution in [0.3, 0.4) is 0 Å². The molecule has 0 saturated carbocycles. The first-order chi connectivity index (χ1) is 15.5. The van der Waals surface area contributed by atoms with Crippen LogP contribution in [0.2, 0.25) is 0 Å². The highest BCUT2D eigenvalue weighted by Crippen LogP contribution is 2.35. The number of nitrogens with one attached hydrogen (secondary N) is 1. The van der Waals surface area contributed by atoms with Crippen molar-refractivity contribution in [2.24, 2.45) is 0 Å². The maximum atomic E-state index is 12.8. The molecule has 0 fully saturated rings. The van der Waals surface area contributed by atoms with E-state index in [2.05, 4.69) is 23.4 Å². The van der Waals surface area contributed by atoms with Gasteiger partial charge in [0.1, 0.15) is 9.71 Å². The Morgan fingerprint density at radius 2 is 1.88 bits per heavy atom. The zero-order valence-corrected chi connectivity index (χ0v) is 19.2. The minimum absolute atomic E-state index is 0.198. The summed E-state index contributed by atoms with van der Waals surface area (Å²) in [6.45, 7) is 11.6. The van der Waals surface area contributed by atoms with E-state index in [9.17, 15) is 9.59 Å². The van der Waals surface area contributed by atoms with Gasteiger partial charge in [-0.1, -0.05) is 36.4 Å². The number of aryl methyl sites for hydroxylation is 1. The van der Waals surface area contributed by atoms with Gasteiger partial charge in [0.2, 0.25) is 5.91 Å². The highest BCUT2D eigenvalue weighted by molar-refractivity contribution is 7.21. The molecule has 1 N–H and O–H groups in total. The molecule has 0 radical (unpaired) electrons. The first-order valence-corrected chi connectivity index (χ1v) is 11.1. The molecule has 7 heteroatoms. The van der Waals surface area contributed by atoms with E-state index in [1.54, 1.807) is 0 Å². The molecular formula is C25H27N3O3S. The standard InChI is InChI=1S/C25H27N3O3S/c1-5-13-28(14-6-2)16-19-11-12-20-22(23(25(30)31-4)32-24(20)26-19)27-21(29)15-18-10-8-7-9-17(18)3/h5-12H,1-2,13-16H2,3-4H3,(H,27,29). The van der Waals surface area contributed by atoms with E-state index in [0.29, 0.717) is 35.0 Å². The van der Waals surface area contributed by atoms with Gasteiger partial charge in [-0.15, -0.1) is 24.5 Å². The summed E-state index contributed by atoms with van der Waals surface area (Å²) in [4.78, 5) is 33.1. The highest BCUT2D eigenvalue weighted by Gasteiger charge is 2.22. The van der Waals surface area contributed by atoms with Crippen molar-refractivity contribution < 1.29 is 14.3 Å². The minimum atomic E-state index is -0.499. The second kappa shape index (κ2) is 10.8. The molecule has 3 aromatic rings. The number of nitrogens with zero attached hydrogens (tertiary/aromatic N) is 2. The topological polar surface area (TPSA) is 71.5 Å². The third-order valence-electron chi connectivity index (χ3n) is 5.02. The highest BCUT2D eigenvalue weighted by atomic mass is 32.1. The maximum absolute atomic E-state index is 12.8. The number of hydrogen-bond donors (Lipinski definition) is 1. The Morgan fingerprint density at radius 1 is 1.16 bits per heavy atom. The summed E-state index contributed by atoms with van der Waals surface area (Å²) in [5, 5.41) is 3.64. The molecule has 1 amide bonds. The normalized spacial score (nSPS) is 10.8. The Hall–Kier alpha value is -3.29. The molecule has 166 valence electrons. The van der Waals surface area contributed by atoms with Crippen LogP contribution in [0, 0.1) is 6.92 Å². The zero-order chi connectivity index (χ0) is 23.1. The number of esters is 1. The molecule has 1 aromatic carbocycles. The number of carbonyl (C=O) groups excluding carboxylic acids is 2. The first-order valence-electron chi connectivity index (χ1n) is 10.3. The van der Waals surface area contributed by atoms with Gasteiger partial charge in [0, 0.05) is 25.0 Å². The van der Waals surface area contributed by atoms with E-state index in [1.165, 1.54) is 18.4 Å². The Bertz CT molecular complexity index is 1140. The number of fused-ring (bicyclic) bond motifs is 1. The minimum Gasteiger partial charge on any atom is -0.465 e. The fourth-order valence-corrected chi connectivity index (χ4v) is 4.49. The van der Waals surface area contributed by atoms with Crippen molar-refractivity contribution in [2.75, 3.05) is 25.5 Å². The predicted molar refractivity (Wildman–Crippen MR) is 130 cm³/mol. The lowest BCUT2D eigenvalue weighted by molar-refractivity contribution is -0.115. The van der Waals surface area contributed by atoms with Gasteiger partial charge in [0.05, 0.1) is 24.9 Å². The van der Waals surface area contributed by atoms with E-state index in [1.807, 2.05) is 55.5 Å². The molecule has 0 bridgehead atoms. The molecular weight excluding hydrogens is 422 g/mol. The Labute approximate surface area is 192 Å². The van der Waals surface area contributed by atoms with E-state index < -0.39 is 5.97 Å². The summed E-state index contributed by atoms with van der Waals surface area (Å²) < 4.78 is 4.95. The van der Waals surface area contributed by atoms with Crippen LogP contribution < -0.4 is 5.32 Å². The quantitative estimate of drug-likeness (QED) is 0.357. The van der Waals surface area contributed by atoms with Gasteiger partial charge in [-0.25, -0.2) is 9.78 Å². The maximum Gasteiger partial charge on any atom is 0.350 e. The molecule has 32 heavy (non-hydrogen) atoms. The van der Waals surface area contributed by atoms with Crippen LogP contribution in [0.1, 0.15) is 26.5 Å². The van der Waals surface area contributed by atoms with Gasteiger partial charge in [-0.05, 0) is 30.2 Å².